The van der Waals surface area contributed by atoms with Crippen molar-refractivity contribution in [3.63, 3.8) is 0 Å². The molecule has 0 saturated carbocycles. The minimum Gasteiger partial charge on any atom is -0.440 e. The van der Waals surface area contributed by atoms with Crippen molar-refractivity contribution in [2.24, 2.45) is 5.73 Å². The minimum atomic E-state index is -0.183. The quantitative estimate of drug-likeness (QED) is 0.810. The van der Waals surface area contributed by atoms with Crippen molar-refractivity contribution in [3.8, 4) is 11.3 Å². The van der Waals surface area contributed by atoms with E-state index in [-0.39, 0.29) is 11.2 Å². The van der Waals surface area contributed by atoms with Crippen molar-refractivity contribution < 1.29 is 9.21 Å². The van der Waals surface area contributed by atoms with Crippen molar-refractivity contribution in [1.82, 2.24) is 10.3 Å². The summed E-state index contributed by atoms with van der Waals surface area (Å²) in [5.74, 6) is 1.78. The molecule has 0 fully saturated rings. The number of halogens is 1. The highest BCUT2D eigenvalue weighted by Gasteiger charge is 2.14. The van der Waals surface area contributed by atoms with Gasteiger partial charge >= 0.3 is 0 Å². The molecule has 1 aromatic heterocycles. The van der Waals surface area contributed by atoms with Crippen LogP contribution >= 0.6 is 23.4 Å². The second kappa shape index (κ2) is 8.22. The van der Waals surface area contributed by atoms with Crippen LogP contribution in [-0.4, -0.2) is 29.2 Å². The van der Waals surface area contributed by atoms with Gasteiger partial charge in [0.1, 0.15) is 0 Å². The molecule has 0 saturated heterocycles. The second-order valence-electron chi connectivity index (χ2n) is 4.66. The molecule has 22 heavy (non-hydrogen) atoms. The molecule has 0 radical (unpaired) electrons. The molecule has 1 heterocycles. The standard InChI is InChI=1S/C15H18ClN3O2S/c1-10(15(20)18-7-6-17)22-9-14-19-8-13(21-14)11-2-4-12(16)5-3-11/h2-5,8,10H,6-7,9,17H2,1H3,(H,18,20). The van der Waals surface area contributed by atoms with Gasteiger partial charge in [-0.1, -0.05) is 11.6 Å². The highest BCUT2D eigenvalue weighted by molar-refractivity contribution is 7.99. The first kappa shape index (κ1) is 16.9. The molecule has 1 aromatic carbocycles. The zero-order valence-electron chi connectivity index (χ0n) is 12.2. The van der Waals surface area contributed by atoms with Crippen LogP contribution in [0.25, 0.3) is 11.3 Å². The Morgan fingerprint density at radius 3 is 2.86 bits per heavy atom. The number of rotatable bonds is 7. The summed E-state index contributed by atoms with van der Waals surface area (Å²) < 4.78 is 5.69. The summed E-state index contributed by atoms with van der Waals surface area (Å²) in [5, 5.41) is 3.25. The maximum Gasteiger partial charge on any atom is 0.232 e. The number of nitrogens with one attached hydrogen (secondary N) is 1. The molecule has 2 rings (SSSR count). The van der Waals surface area contributed by atoms with Gasteiger partial charge in [0, 0.05) is 23.7 Å². The van der Waals surface area contributed by atoms with Crippen LogP contribution in [0.2, 0.25) is 5.02 Å². The Kier molecular flexibility index (Phi) is 6.30. The number of nitrogens with zero attached hydrogens (tertiary/aromatic N) is 1. The van der Waals surface area contributed by atoms with E-state index in [9.17, 15) is 4.79 Å². The summed E-state index contributed by atoms with van der Waals surface area (Å²) >= 11 is 7.33. The van der Waals surface area contributed by atoms with Crippen LogP contribution in [0, 0.1) is 0 Å². The molecule has 118 valence electrons. The predicted octanol–water partition coefficient (Wildman–Crippen LogP) is 2.69. The number of carbonyl (C=O) groups excluding carboxylic acids is 1. The Hall–Kier alpha value is -1.50. The fraction of sp³-hybridized carbons (Fsp3) is 0.333. The number of oxazole rings is 1. The zero-order valence-corrected chi connectivity index (χ0v) is 13.8. The third kappa shape index (κ3) is 4.76. The van der Waals surface area contributed by atoms with E-state index in [1.54, 1.807) is 18.3 Å². The molecular formula is C15H18ClN3O2S. The first-order valence-corrected chi connectivity index (χ1v) is 8.33. The number of hydrogen-bond acceptors (Lipinski definition) is 5. The molecule has 0 aliphatic heterocycles. The van der Waals surface area contributed by atoms with Gasteiger partial charge in [-0.2, -0.15) is 0 Å². The SMILES string of the molecule is CC(SCc1ncc(-c2ccc(Cl)cc2)o1)C(=O)NCCN. The van der Waals surface area contributed by atoms with E-state index in [0.717, 1.165) is 5.56 Å². The van der Waals surface area contributed by atoms with Gasteiger partial charge in [0.15, 0.2) is 5.76 Å². The summed E-state index contributed by atoms with van der Waals surface area (Å²) in [5.41, 5.74) is 6.27. The monoisotopic (exact) mass is 339 g/mol. The summed E-state index contributed by atoms with van der Waals surface area (Å²) in [7, 11) is 0. The lowest BCUT2D eigenvalue weighted by Crippen LogP contribution is -2.34. The van der Waals surface area contributed by atoms with Crippen LogP contribution in [0.4, 0.5) is 0 Å². The number of thioether (sulfide) groups is 1. The van der Waals surface area contributed by atoms with Gasteiger partial charge in [0.25, 0.3) is 0 Å². The lowest BCUT2D eigenvalue weighted by atomic mass is 10.2. The molecule has 0 spiro atoms. The topological polar surface area (TPSA) is 81.2 Å². The van der Waals surface area contributed by atoms with Crippen molar-refractivity contribution >= 4 is 29.3 Å². The van der Waals surface area contributed by atoms with Gasteiger partial charge in [-0.05, 0) is 31.2 Å². The molecule has 0 bridgehead atoms. The Morgan fingerprint density at radius 1 is 1.45 bits per heavy atom. The highest BCUT2D eigenvalue weighted by atomic mass is 35.5. The molecule has 1 unspecified atom stereocenters. The lowest BCUT2D eigenvalue weighted by molar-refractivity contribution is -0.120. The van der Waals surface area contributed by atoms with Crippen molar-refractivity contribution in [1.29, 1.82) is 0 Å². The fourth-order valence-corrected chi connectivity index (χ4v) is 2.62. The van der Waals surface area contributed by atoms with Crippen LogP contribution in [0.15, 0.2) is 34.9 Å². The maximum atomic E-state index is 11.7. The maximum absolute atomic E-state index is 11.7. The normalized spacial score (nSPS) is 12.1. The van der Waals surface area contributed by atoms with Crippen LogP contribution in [0.1, 0.15) is 12.8 Å². The van der Waals surface area contributed by atoms with Crippen LogP contribution in [0.5, 0.6) is 0 Å². The largest absolute Gasteiger partial charge is 0.440 e. The number of amides is 1. The van der Waals surface area contributed by atoms with E-state index >= 15 is 0 Å². The Bertz CT molecular complexity index is 616. The molecule has 7 heteroatoms. The Labute approximate surface area is 138 Å². The summed E-state index contributed by atoms with van der Waals surface area (Å²) in [6, 6.07) is 7.36. The van der Waals surface area contributed by atoms with E-state index < -0.39 is 0 Å². The number of aromatic nitrogens is 1. The molecular weight excluding hydrogens is 322 g/mol. The van der Waals surface area contributed by atoms with Gasteiger partial charge in [0.05, 0.1) is 17.2 Å². The molecule has 2 aromatic rings. The van der Waals surface area contributed by atoms with Gasteiger partial charge in [0.2, 0.25) is 11.8 Å². The van der Waals surface area contributed by atoms with Crippen molar-refractivity contribution in [2.75, 3.05) is 13.1 Å². The number of hydrogen-bond donors (Lipinski definition) is 2. The lowest BCUT2D eigenvalue weighted by Gasteiger charge is -2.09. The van der Waals surface area contributed by atoms with Crippen LogP contribution < -0.4 is 11.1 Å². The van der Waals surface area contributed by atoms with Gasteiger partial charge in [-0.3, -0.25) is 4.79 Å². The smallest absolute Gasteiger partial charge is 0.232 e. The number of benzene rings is 1. The second-order valence-corrected chi connectivity index (χ2v) is 6.42. The van der Waals surface area contributed by atoms with E-state index in [1.165, 1.54) is 11.8 Å². The van der Waals surface area contributed by atoms with Crippen molar-refractivity contribution in [3.05, 3.63) is 41.4 Å². The minimum absolute atomic E-state index is 0.0278. The van der Waals surface area contributed by atoms with E-state index in [1.807, 2.05) is 19.1 Å². The third-order valence-electron chi connectivity index (χ3n) is 2.95. The summed E-state index contributed by atoms with van der Waals surface area (Å²) in [6.07, 6.45) is 1.68. The van der Waals surface area contributed by atoms with Crippen LogP contribution in [0.3, 0.4) is 0 Å². The molecule has 0 aliphatic carbocycles. The van der Waals surface area contributed by atoms with E-state index in [0.29, 0.717) is 35.5 Å². The Morgan fingerprint density at radius 2 is 2.18 bits per heavy atom. The average molecular weight is 340 g/mol. The summed E-state index contributed by atoms with van der Waals surface area (Å²) in [4.78, 5) is 16.0. The molecule has 3 N–H and O–H groups in total. The fourth-order valence-electron chi connectivity index (χ4n) is 1.74. The van der Waals surface area contributed by atoms with Gasteiger partial charge in [-0.15, -0.1) is 11.8 Å². The average Bonchev–Trinajstić information content (AvgIpc) is 2.99. The Balaban J connectivity index is 1.89. The van der Waals surface area contributed by atoms with Crippen LogP contribution in [-0.2, 0) is 10.5 Å². The third-order valence-corrected chi connectivity index (χ3v) is 4.33. The molecule has 5 nitrogen and oxygen atoms in total. The van der Waals surface area contributed by atoms with E-state index in [2.05, 4.69) is 10.3 Å². The zero-order chi connectivity index (χ0) is 15.9. The number of carbonyl (C=O) groups is 1. The summed E-state index contributed by atoms with van der Waals surface area (Å²) in [6.45, 7) is 2.77. The van der Waals surface area contributed by atoms with E-state index in [4.69, 9.17) is 21.8 Å². The van der Waals surface area contributed by atoms with Gasteiger partial charge < -0.3 is 15.5 Å². The first-order valence-electron chi connectivity index (χ1n) is 6.90. The van der Waals surface area contributed by atoms with Crippen molar-refractivity contribution in [2.45, 2.75) is 17.9 Å². The first-order chi connectivity index (χ1) is 10.6. The molecule has 1 amide bonds. The number of nitrogens with two attached hydrogens (primary N) is 1. The van der Waals surface area contributed by atoms with Gasteiger partial charge in [-0.25, -0.2) is 4.98 Å². The molecule has 0 aliphatic rings. The molecule has 1 atom stereocenters. The predicted molar refractivity (Wildman–Crippen MR) is 89.8 cm³/mol. The highest BCUT2D eigenvalue weighted by Crippen LogP contribution is 2.24.